The number of anilines is 1. The van der Waals surface area contributed by atoms with Gasteiger partial charge in [-0.3, -0.25) is 14.9 Å². The number of benzene rings is 2. The lowest BCUT2D eigenvalue weighted by molar-refractivity contribution is -0.384. The minimum atomic E-state index is -0.713. The Labute approximate surface area is 173 Å². The number of carbonyl (C=O) groups is 2. The van der Waals surface area contributed by atoms with E-state index in [9.17, 15) is 19.7 Å². The largest absolute Gasteiger partial charge is 0.493 e. The summed E-state index contributed by atoms with van der Waals surface area (Å²) in [5, 5.41) is 13.3. The fraction of sp³-hybridized carbons (Fsp3) is 0.238. The van der Waals surface area contributed by atoms with Gasteiger partial charge in [0, 0.05) is 18.2 Å². The van der Waals surface area contributed by atoms with Crippen molar-refractivity contribution in [2.45, 2.75) is 13.8 Å². The molecule has 0 fully saturated rings. The molecule has 9 heteroatoms. The normalized spacial score (nSPS) is 10.5. The molecule has 0 aliphatic carbocycles. The molecule has 0 aliphatic heterocycles. The monoisotopic (exact) mass is 414 g/mol. The molecule has 0 spiro atoms. The topological polar surface area (TPSA) is 117 Å². The maximum absolute atomic E-state index is 12.0. The number of nitro benzene ring substituents is 1. The minimum Gasteiger partial charge on any atom is -0.493 e. The van der Waals surface area contributed by atoms with Gasteiger partial charge in [-0.2, -0.15) is 0 Å². The van der Waals surface area contributed by atoms with E-state index in [1.54, 1.807) is 25.1 Å². The second kappa shape index (κ2) is 10.6. The number of nitro groups is 1. The molecule has 0 heterocycles. The van der Waals surface area contributed by atoms with Gasteiger partial charge in [0.25, 0.3) is 11.6 Å². The predicted molar refractivity (Wildman–Crippen MR) is 111 cm³/mol. The molecule has 30 heavy (non-hydrogen) atoms. The van der Waals surface area contributed by atoms with Gasteiger partial charge in [-0.25, -0.2) is 4.79 Å². The Morgan fingerprint density at radius 3 is 2.60 bits per heavy atom. The van der Waals surface area contributed by atoms with Gasteiger partial charge < -0.3 is 19.5 Å². The Morgan fingerprint density at radius 2 is 1.93 bits per heavy atom. The summed E-state index contributed by atoms with van der Waals surface area (Å²) >= 11 is 0. The summed E-state index contributed by atoms with van der Waals surface area (Å²) < 4.78 is 15.6. The molecule has 0 saturated carbocycles. The van der Waals surface area contributed by atoms with E-state index in [1.807, 2.05) is 6.92 Å². The number of nitrogens with zero attached hydrogens (tertiary/aromatic N) is 1. The van der Waals surface area contributed by atoms with E-state index in [-0.39, 0.29) is 11.4 Å². The van der Waals surface area contributed by atoms with E-state index in [0.717, 1.165) is 0 Å². The molecule has 158 valence electrons. The number of aryl methyl sites for hydroxylation is 1. The first-order chi connectivity index (χ1) is 14.3. The molecule has 1 N–H and O–H groups in total. The molecule has 1 amide bonds. The van der Waals surface area contributed by atoms with Crippen LogP contribution >= 0.6 is 0 Å². The first-order valence-electron chi connectivity index (χ1n) is 9.04. The van der Waals surface area contributed by atoms with E-state index in [0.29, 0.717) is 29.2 Å². The lowest BCUT2D eigenvalue weighted by atomic mass is 10.2. The number of nitrogens with one attached hydrogen (secondary N) is 1. The van der Waals surface area contributed by atoms with Crippen LogP contribution in [-0.4, -0.2) is 37.1 Å². The van der Waals surface area contributed by atoms with Gasteiger partial charge in [0.05, 0.1) is 24.3 Å². The lowest BCUT2D eigenvalue weighted by Gasteiger charge is -2.09. The Morgan fingerprint density at radius 1 is 1.17 bits per heavy atom. The summed E-state index contributed by atoms with van der Waals surface area (Å²) in [6.07, 6.45) is 2.70. The molecule has 0 unspecified atom stereocenters. The number of non-ortho nitro benzene ring substituents is 1. The zero-order valence-corrected chi connectivity index (χ0v) is 16.8. The average molecular weight is 414 g/mol. The Balaban J connectivity index is 1.93. The van der Waals surface area contributed by atoms with Crippen LogP contribution in [0.5, 0.6) is 11.5 Å². The van der Waals surface area contributed by atoms with E-state index >= 15 is 0 Å². The summed E-state index contributed by atoms with van der Waals surface area (Å²) in [4.78, 5) is 34.2. The highest BCUT2D eigenvalue weighted by Crippen LogP contribution is 2.28. The number of amides is 1. The van der Waals surface area contributed by atoms with Crippen molar-refractivity contribution >= 4 is 29.3 Å². The molecule has 2 aromatic carbocycles. The third-order valence-electron chi connectivity index (χ3n) is 3.95. The molecule has 0 bridgehead atoms. The molecule has 2 rings (SSSR count). The number of rotatable bonds is 9. The second-order valence-electron chi connectivity index (χ2n) is 6.09. The summed E-state index contributed by atoms with van der Waals surface area (Å²) in [5.74, 6) is -0.204. The van der Waals surface area contributed by atoms with Crippen molar-refractivity contribution in [1.82, 2.24) is 0 Å². The Kier molecular flexibility index (Phi) is 7.92. The van der Waals surface area contributed by atoms with Crippen LogP contribution in [-0.2, 0) is 14.3 Å². The van der Waals surface area contributed by atoms with Crippen LogP contribution < -0.4 is 14.8 Å². The predicted octanol–water partition coefficient (Wildman–Crippen LogP) is 3.51. The lowest BCUT2D eigenvalue weighted by Crippen LogP contribution is -2.20. The zero-order valence-electron chi connectivity index (χ0n) is 16.8. The Hall–Kier alpha value is -3.88. The fourth-order valence-corrected chi connectivity index (χ4v) is 2.46. The molecule has 0 atom stereocenters. The van der Waals surface area contributed by atoms with Crippen molar-refractivity contribution in [3.05, 3.63) is 63.7 Å². The summed E-state index contributed by atoms with van der Waals surface area (Å²) in [5.41, 5.74) is 1.46. The SMILES string of the molecule is CCOc1cc(/C=C/C(=O)OCC(=O)Nc2cc([N+](=O)[O-])ccc2C)ccc1OC. The fourth-order valence-electron chi connectivity index (χ4n) is 2.46. The van der Waals surface area contributed by atoms with Gasteiger partial charge in [-0.05, 0) is 43.2 Å². The van der Waals surface area contributed by atoms with Crippen molar-refractivity contribution in [3.63, 3.8) is 0 Å². The maximum atomic E-state index is 12.0. The molecule has 0 radical (unpaired) electrons. The van der Waals surface area contributed by atoms with Crippen LogP contribution in [0.3, 0.4) is 0 Å². The van der Waals surface area contributed by atoms with Gasteiger partial charge in [-0.1, -0.05) is 12.1 Å². The summed E-state index contributed by atoms with van der Waals surface area (Å²) in [6, 6.07) is 9.27. The molecule has 9 nitrogen and oxygen atoms in total. The van der Waals surface area contributed by atoms with Crippen molar-refractivity contribution < 1.29 is 28.7 Å². The summed E-state index contributed by atoms with van der Waals surface area (Å²) in [6.45, 7) is 3.47. The highest BCUT2D eigenvalue weighted by Gasteiger charge is 2.12. The van der Waals surface area contributed by atoms with Crippen LogP contribution in [0.15, 0.2) is 42.5 Å². The molecule has 0 saturated heterocycles. The van der Waals surface area contributed by atoms with Crippen molar-refractivity contribution in [2.24, 2.45) is 0 Å². The van der Waals surface area contributed by atoms with Crippen LogP contribution in [0.4, 0.5) is 11.4 Å². The molecule has 0 aliphatic rings. The van der Waals surface area contributed by atoms with Gasteiger partial charge in [0.1, 0.15) is 0 Å². The van der Waals surface area contributed by atoms with Gasteiger partial charge in [0.2, 0.25) is 0 Å². The number of hydrogen-bond donors (Lipinski definition) is 1. The molecular formula is C21H22N2O7. The second-order valence-corrected chi connectivity index (χ2v) is 6.09. The van der Waals surface area contributed by atoms with Crippen LogP contribution in [0, 0.1) is 17.0 Å². The van der Waals surface area contributed by atoms with E-state index in [4.69, 9.17) is 14.2 Å². The van der Waals surface area contributed by atoms with E-state index in [2.05, 4.69) is 5.32 Å². The maximum Gasteiger partial charge on any atom is 0.331 e. The molecule has 2 aromatic rings. The molecular weight excluding hydrogens is 392 g/mol. The number of hydrogen-bond acceptors (Lipinski definition) is 7. The van der Waals surface area contributed by atoms with Crippen molar-refractivity contribution in [3.8, 4) is 11.5 Å². The Bertz CT molecular complexity index is 970. The summed E-state index contributed by atoms with van der Waals surface area (Å²) in [7, 11) is 1.53. The third kappa shape index (κ3) is 6.33. The van der Waals surface area contributed by atoms with E-state index < -0.39 is 23.4 Å². The first-order valence-corrected chi connectivity index (χ1v) is 9.04. The number of esters is 1. The minimum absolute atomic E-state index is 0.151. The van der Waals surface area contributed by atoms with Crippen LogP contribution in [0.25, 0.3) is 6.08 Å². The number of methoxy groups -OCH3 is 1. The van der Waals surface area contributed by atoms with E-state index in [1.165, 1.54) is 37.5 Å². The van der Waals surface area contributed by atoms with Gasteiger partial charge >= 0.3 is 5.97 Å². The highest BCUT2D eigenvalue weighted by molar-refractivity contribution is 5.95. The zero-order chi connectivity index (χ0) is 22.1. The van der Waals surface area contributed by atoms with Gasteiger partial charge in [0.15, 0.2) is 18.1 Å². The van der Waals surface area contributed by atoms with Crippen LogP contribution in [0.2, 0.25) is 0 Å². The highest BCUT2D eigenvalue weighted by atomic mass is 16.6. The van der Waals surface area contributed by atoms with Gasteiger partial charge in [-0.15, -0.1) is 0 Å². The smallest absolute Gasteiger partial charge is 0.331 e. The van der Waals surface area contributed by atoms with Crippen molar-refractivity contribution in [2.75, 3.05) is 25.6 Å². The number of ether oxygens (including phenoxy) is 3. The third-order valence-corrected chi connectivity index (χ3v) is 3.95. The quantitative estimate of drug-likeness (QED) is 0.289. The standard InChI is InChI=1S/C21H22N2O7/c1-4-29-19-11-15(6-9-18(19)28-3)7-10-21(25)30-13-20(24)22-17-12-16(23(26)27)8-5-14(17)2/h5-12H,4,13H2,1-3H3,(H,22,24)/b10-7+. The van der Waals surface area contributed by atoms with Crippen LogP contribution in [0.1, 0.15) is 18.1 Å². The number of carbonyl (C=O) groups excluding carboxylic acids is 2. The average Bonchev–Trinajstić information content (AvgIpc) is 2.72. The van der Waals surface area contributed by atoms with Crippen molar-refractivity contribution in [1.29, 1.82) is 0 Å². The molecule has 0 aromatic heterocycles. The first kappa shape index (κ1) is 22.4.